The average Bonchev–Trinajstić information content (AvgIpc) is 3.09. The SMILES string of the molecule is CN1c2cc(CN(CC(=O)F)CC(=O)F)ccc2C(C)(C)C12C=Nc1c(c(CN(CC(=O)F)CC(=O)F)cc3ccccc13)O2. The molecular formula is C32H30F4N4O5. The number of carbonyl (C=O) groups is 4. The molecule has 13 heteroatoms. The molecule has 0 aromatic heterocycles. The molecule has 1 spiro atoms. The Balaban J connectivity index is 1.56. The molecule has 2 aliphatic heterocycles. The highest BCUT2D eigenvalue weighted by Crippen LogP contribution is 2.55. The van der Waals surface area contributed by atoms with Crippen molar-refractivity contribution in [2.24, 2.45) is 4.99 Å². The van der Waals surface area contributed by atoms with E-state index in [1.807, 2.05) is 49.1 Å². The summed E-state index contributed by atoms with van der Waals surface area (Å²) < 4.78 is 60.0. The number of rotatable bonds is 12. The van der Waals surface area contributed by atoms with Crippen molar-refractivity contribution in [2.45, 2.75) is 38.1 Å². The summed E-state index contributed by atoms with van der Waals surface area (Å²) in [4.78, 5) is 53.6. The molecule has 0 bridgehead atoms. The van der Waals surface area contributed by atoms with Crippen molar-refractivity contribution in [1.29, 1.82) is 0 Å². The monoisotopic (exact) mass is 626 g/mol. The zero-order valence-corrected chi connectivity index (χ0v) is 24.8. The first-order valence-corrected chi connectivity index (χ1v) is 14.1. The number of ether oxygens (including phenoxy) is 1. The Morgan fingerprint density at radius 1 is 0.822 bits per heavy atom. The predicted octanol–water partition coefficient (Wildman–Crippen LogP) is 4.65. The maximum Gasteiger partial charge on any atom is 0.315 e. The van der Waals surface area contributed by atoms with Gasteiger partial charge in [0.15, 0.2) is 5.75 Å². The number of nitrogens with zero attached hydrogens (tertiary/aromatic N) is 4. The van der Waals surface area contributed by atoms with Crippen LogP contribution in [0.25, 0.3) is 10.8 Å². The molecule has 3 aromatic carbocycles. The summed E-state index contributed by atoms with van der Waals surface area (Å²) in [7, 11) is 1.78. The molecule has 5 rings (SSSR count). The van der Waals surface area contributed by atoms with Crippen molar-refractivity contribution in [3.8, 4) is 5.75 Å². The number of likely N-dealkylation sites (N-methyl/N-ethyl adjacent to an activating group) is 1. The molecule has 0 N–H and O–H groups in total. The maximum atomic E-state index is 13.4. The molecule has 3 aromatic rings. The van der Waals surface area contributed by atoms with Crippen LogP contribution in [-0.4, -0.2) is 79.1 Å². The first-order valence-electron chi connectivity index (χ1n) is 14.1. The van der Waals surface area contributed by atoms with E-state index in [2.05, 4.69) is 0 Å². The van der Waals surface area contributed by atoms with Crippen LogP contribution < -0.4 is 9.64 Å². The third kappa shape index (κ3) is 6.09. The van der Waals surface area contributed by atoms with Crippen molar-refractivity contribution in [2.75, 3.05) is 38.1 Å². The van der Waals surface area contributed by atoms with Gasteiger partial charge in [0.1, 0.15) is 5.69 Å². The van der Waals surface area contributed by atoms with E-state index in [0.717, 1.165) is 26.1 Å². The molecule has 0 radical (unpaired) electrons. The van der Waals surface area contributed by atoms with Gasteiger partial charge in [0.2, 0.25) is 5.72 Å². The molecule has 2 aliphatic rings. The standard InChI is InChI=1S/C32H30F4N4O5/c1-31(2)23-9-8-19(12-39(14-25(33)41)15-26(34)42)10-24(23)38(3)32(31)18-37-29-22-7-5-4-6-20(22)11-21(30(29)45-32)13-40(16-27(35)43)17-28(36)44/h4-11,18H,12-17H2,1-3H3. The Morgan fingerprint density at radius 2 is 1.40 bits per heavy atom. The molecule has 0 saturated carbocycles. The van der Waals surface area contributed by atoms with Gasteiger partial charge in [0.25, 0.3) is 0 Å². The van der Waals surface area contributed by atoms with Gasteiger partial charge in [-0.3, -0.25) is 34.0 Å². The number of anilines is 1. The van der Waals surface area contributed by atoms with Crippen LogP contribution >= 0.6 is 0 Å². The number of aliphatic imine (C=N–C) groups is 1. The molecular weight excluding hydrogens is 596 g/mol. The fourth-order valence-electron chi connectivity index (χ4n) is 6.31. The van der Waals surface area contributed by atoms with Crippen LogP contribution in [-0.2, 0) is 37.7 Å². The second-order valence-electron chi connectivity index (χ2n) is 11.7. The highest BCUT2D eigenvalue weighted by atomic mass is 19.1. The van der Waals surface area contributed by atoms with Crippen molar-refractivity contribution in [3.05, 3.63) is 65.2 Å². The third-order valence-corrected chi connectivity index (χ3v) is 8.36. The smallest absolute Gasteiger partial charge is 0.315 e. The van der Waals surface area contributed by atoms with Gasteiger partial charge in [0, 0.05) is 36.8 Å². The van der Waals surface area contributed by atoms with Crippen molar-refractivity contribution < 1.29 is 41.5 Å². The fraction of sp³-hybridized carbons (Fsp3) is 0.344. The quantitative estimate of drug-likeness (QED) is 0.212. The van der Waals surface area contributed by atoms with Gasteiger partial charge in [0.05, 0.1) is 37.8 Å². The van der Waals surface area contributed by atoms with Gasteiger partial charge in [-0.1, -0.05) is 36.4 Å². The van der Waals surface area contributed by atoms with Gasteiger partial charge in [-0.05, 0) is 42.5 Å². The normalized spacial score (nSPS) is 17.9. The van der Waals surface area contributed by atoms with E-state index >= 15 is 0 Å². The first-order chi connectivity index (χ1) is 21.2. The maximum absolute atomic E-state index is 13.4. The molecule has 0 saturated heterocycles. The van der Waals surface area contributed by atoms with E-state index in [4.69, 9.17) is 9.73 Å². The van der Waals surface area contributed by atoms with Gasteiger partial charge < -0.3 is 9.64 Å². The molecule has 2 heterocycles. The van der Waals surface area contributed by atoms with E-state index < -0.39 is 61.5 Å². The summed E-state index contributed by atoms with van der Waals surface area (Å²) in [5.41, 5.74) is 1.03. The largest absolute Gasteiger partial charge is 0.459 e. The molecule has 1 unspecified atom stereocenters. The highest BCUT2D eigenvalue weighted by Gasteiger charge is 2.59. The number of halogens is 4. The Labute approximate surface area is 256 Å². The summed E-state index contributed by atoms with van der Waals surface area (Å²) >= 11 is 0. The topological polar surface area (TPSA) is 99.6 Å². The van der Waals surface area contributed by atoms with Crippen molar-refractivity contribution in [3.63, 3.8) is 0 Å². The molecule has 45 heavy (non-hydrogen) atoms. The lowest BCUT2D eigenvalue weighted by Crippen LogP contribution is -2.61. The van der Waals surface area contributed by atoms with Gasteiger partial charge in [-0.25, -0.2) is 0 Å². The average molecular weight is 627 g/mol. The van der Waals surface area contributed by atoms with Crippen molar-refractivity contribution >= 4 is 52.5 Å². The molecule has 9 nitrogen and oxygen atoms in total. The second kappa shape index (κ2) is 12.1. The minimum absolute atomic E-state index is 0.0792. The highest BCUT2D eigenvalue weighted by molar-refractivity contribution is 6.01. The molecule has 0 fully saturated rings. The number of carbonyl (C=O) groups excluding carboxylic acids is 4. The van der Waals surface area contributed by atoms with Crippen LogP contribution in [0.4, 0.5) is 28.9 Å². The Hall–Kier alpha value is -4.49. The van der Waals surface area contributed by atoms with E-state index in [1.54, 1.807) is 31.5 Å². The summed E-state index contributed by atoms with van der Waals surface area (Å²) in [6.45, 7) is 0.512. The summed E-state index contributed by atoms with van der Waals surface area (Å²) in [5, 5.41) is 1.51. The van der Waals surface area contributed by atoms with Crippen LogP contribution in [0.15, 0.2) is 53.5 Å². The van der Waals surface area contributed by atoms with Crippen LogP contribution in [0.3, 0.4) is 0 Å². The summed E-state index contributed by atoms with van der Waals surface area (Å²) in [6.07, 6.45) is 1.68. The molecule has 0 aliphatic carbocycles. The Kier molecular flexibility index (Phi) is 8.60. The zero-order chi connectivity index (χ0) is 32.7. The molecule has 236 valence electrons. The van der Waals surface area contributed by atoms with Crippen LogP contribution in [0.1, 0.15) is 30.5 Å². The lowest BCUT2D eigenvalue weighted by atomic mass is 9.77. The number of hydrogen-bond acceptors (Lipinski definition) is 9. The van der Waals surface area contributed by atoms with E-state index in [9.17, 15) is 36.7 Å². The lowest BCUT2D eigenvalue weighted by molar-refractivity contribution is -0.135. The third-order valence-electron chi connectivity index (χ3n) is 8.36. The predicted molar refractivity (Wildman–Crippen MR) is 158 cm³/mol. The number of hydrogen-bond donors (Lipinski definition) is 0. The van der Waals surface area contributed by atoms with Crippen LogP contribution in [0.5, 0.6) is 5.75 Å². The van der Waals surface area contributed by atoms with Gasteiger partial charge in [-0.2, -0.15) is 17.6 Å². The van der Waals surface area contributed by atoms with Gasteiger partial charge >= 0.3 is 24.1 Å². The minimum atomic E-state index is -1.73. The van der Waals surface area contributed by atoms with Crippen LogP contribution in [0, 0.1) is 0 Å². The second-order valence-corrected chi connectivity index (χ2v) is 11.7. The summed E-state index contributed by atoms with van der Waals surface area (Å²) in [6, 6.07) is 7.59. The van der Waals surface area contributed by atoms with Crippen molar-refractivity contribution in [1.82, 2.24) is 9.80 Å². The summed E-state index contributed by atoms with van der Waals surface area (Å²) in [5.74, 6) is 0.306. The van der Waals surface area contributed by atoms with E-state index in [-0.39, 0.29) is 13.1 Å². The lowest BCUT2D eigenvalue weighted by Gasteiger charge is -2.45. The Morgan fingerprint density at radius 3 is 2.00 bits per heavy atom. The minimum Gasteiger partial charge on any atom is -0.459 e. The first kappa shape index (κ1) is 31.9. The number of fused-ring (bicyclic) bond motifs is 4. The Bertz CT molecular complexity index is 1710. The van der Waals surface area contributed by atoms with E-state index in [0.29, 0.717) is 28.3 Å². The van der Waals surface area contributed by atoms with E-state index in [1.165, 1.54) is 0 Å². The molecule has 1 atom stereocenters. The van der Waals surface area contributed by atoms with Crippen LogP contribution in [0.2, 0.25) is 0 Å². The van der Waals surface area contributed by atoms with Gasteiger partial charge in [-0.15, -0.1) is 0 Å². The zero-order valence-electron chi connectivity index (χ0n) is 24.8. The molecule has 0 amide bonds. The fourth-order valence-corrected chi connectivity index (χ4v) is 6.31. The number of benzene rings is 3.